The Balaban J connectivity index is 1.69. The lowest BCUT2D eigenvalue weighted by Crippen LogP contribution is -2.74. The zero-order valence-electron chi connectivity index (χ0n) is 15.3. The second kappa shape index (κ2) is 5.09. The van der Waals surface area contributed by atoms with Gasteiger partial charge in [0.2, 0.25) is 0 Å². The van der Waals surface area contributed by atoms with Gasteiger partial charge in [-0.05, 0) is 67.3 Å². The molecule has 0 amide bonds. The molecule has 9 atom stereocenters. The Morgan fingerprint density at radius 3 is 2.68 bits per heavy atom. The van der Waals surface area contributed by atoms with E-state index < -0.39 is 17.6 Å². The summed E-state index contributed by atoms with van der Waals surface area (Å²) in [5, 5.41) is 32.7. The van der Waals surface area contributed by atoms with Crippen molar-refractivity contribution in [2.75, 3.05) is 13.2 Å². The van der Waals surface area contributed by atoms with Gasteiger partial charge in [-0.3, -0.25) is 0 Å². The normalized spacial score (nSPS) is 60.1. The van der Waals surface area contributed by atoms with Crippen molar-refractivity contribution in [1.82, 2.24) is 0 Å². The Labute approximate surface area is 150 Å². The molecule has 3 N–H and O–H groups in total. The van der Waals surface area contributed by atoms with Crippen LogP contribution in [0.2, 0.25) is 0 Å². The molecule has 5 aliphatic carbocycles. The zero-order chi connectivity index (χ0) is 17.6. The summed E-state index contributed by atoms with van der Waals surface area (Å²) in [6.45, 7) is 7.25. The number of hydrogen-bond donors (Lipinski definition) is 3. The molecule has 5 saturated carbocycles. The first-order chi connectivity index (χ1) is 11.9. The maximum Gasteiger partial charge on any atom is 0.0867 e. The Morgan fingerprint density at radius 2 is 1.92 bits per heavy atom. The largest absolute Gasteiger partial charge is 0.394 e. The minimum Gasteiger partial charge on any atom is -0.394 e. The Hall–Kier alpha value is -0.420. The minimum atomic E-state index is -0.607. The number of aliphatic hydroxyl groups is 3. The van der Waals surface area contributed by atoms with Crippen LogP contribution in [0.5, 0.6) is 0 Å². The van der Waals surface area contributed by atoms with Crippen LogP contribution in [0, 0.1) is 34.0 Å². The van der Waals surface area contributed by atoms with Crippen molar-refractivity contribution in [3.05, 3.63) is 12.2 Å². The Kier molecular flexibility index (Phi) is 3.41. The molecule has 140 valence electrons. The van der Waals surface area contributed by atoms with Crippen molar-refractivity contribution in [2.45, 2.75) is 70.2 Å². The van der Waals surface area contributed by atoms with E-state index in [1.54, 1.807) is 0 Å². The lowest BCUT2D eigenvalue weighted by Gasteiger charge is -2.74. The molecule has 25 heavy (non-hydrogen) atoms. The smallest absolute Gasteiger partial charge is 0.0867 e. The highest BCUT2D eigenvalue weighted by Crippen LogP contribution is 2.74. The number of ether oxygens (including phenoxy) is 1. The predicted octanol–water partition coefficient (Wildman–Crippen LogP) is 2.27. The summed E-state index contributed by atoms with van der Waals surface area (Å²) in [7, 11) is 0. The summed E-state index contributed by atoms with van der Waals surface area (Å²) in [6.07, 6.45) is 5.78. The van der Waals surface area contributed by atoms with E-state index in [4.69, 9.17) is 4.74 Å². The van der Waals surface area contributed by atoms with E-state index >= 15 is 0 Å². The highest BCUT2D eigenvalue weighted by Gasteiger charge is 2.73. The van der Waals surface area contributed by atoms with Crippen molar-refractivity contribution >= 4 is 0 Å². The van der Waals surface area contributed by atoms with E-state index in [9.17, 15) is 15.3 Å². The first-order valence-electron chi connectivity index (χ1n) is 10.2. The van der Waals surface area contributed by atoms with Gasteiger partial charge in [0.05, 0.1) is 31.5 Å². The highest BCUT2D eigenvalue weighted by molar-refractivity contribution is 5.30. The number of aliphatic hydroxyl groups excluding tert-OH is 3. The lowest BCUT2D eigenvalue weighted by molar-refractivity contribution is -0.321. The summed E-state index contributed by atoms with van der Waals surface area (Å²) in [5.41, 5.74) is 0.451. The number of hydrogen-bond acceptors (Lipinski definition) is 4. The third-order valence-corrected chi connectivity index (χ3v) is 9.43. The molecule has 4 heteroatoms. The molecule has 0 aromatic heterocycles. The molecule has 6 fully saturated rings. The average Bonchev–Trinajstić information content (AvgIpc) is 2.60. The first-order valence-corrected chi connectivity index (χ1v) is 10.2. The second-order valence-electron chi connectivity index (χ2n) is 10.0. The summed E-state index contributed by atoms with van der Waals surface area (Å²) in [6, 6.07) is 0. The maximum absolute atomic E-state index is 11.3. The van der Waals surface area contributed by atoms with Crippen molar-refractivity contribution in [2.24, 2.45) is 34.0 Å². The van der Waals surface area contributed by atoms with Crippen LogP contribution in [0.4, 0.5) is 0 Å². The monoisotopic (exact) mass is 348 g/mol. The SMILES string of the molecule is C=C1[C@H]2CCC3(C(C2)[C@@]24CCC[C@@](C)(CO[C@H]2CO)C4C[C@H]3O)[C@H]1O. The third-order valence-electron chi connectivity index (χ3n) is 9.43. The molecule has 4 bridgehead atoms. The molecular formula is C21H32O4. The van der Waals surface area contributed by atoms with Crippen LogP contribution < -0.4 is 0 Å². The van der Waals surface area contributed by atoms with Crippen molar-refractivity contribution in [3.8, 4) is 0 Å². The van der Waals surface area contributed by atoms with Crippen LogP contribution in [0.25, 0.3) is 0 Å². The lowest BCUT2D eigenvalue weighted by atomic mass is 9.33. The molecular weight excluding hydrogens is 316 g/mol. The molecule has 6 rings (SSSR count). The molecule has 4 nitrogen and oxygen atoms in total. The molecule has 1 heterocycles. The van der Waals surface area contributed by atoms with Gasteiger partial charge in [0.25, 0.3) is 0 Å². The van der Waals surface area contributed by atoms with Gasteiger partial charge in [0.1, 0.15) is 0 Å². The van der Waals surface area contributed by atoms with E-state index in [0.29, 0.717) is 18.4 Å². The van der Waals surface area contributed by atoms with Gasteiger partial charge in [0, 0.05) is 10.8 Å². The minimum absolute atomic E-state index is 0.0525. The van der Waals surface area contributed by atoms with Gasteiger partial charge >= 0.3 is 0 Å². The third kappa shape index (κ3) is 1.73. The van der Waals surface area contributed by atoms with Gasteiger partial charge in [-0.25, -0.2) is 0 Å². The van der Waals surface area contributed by atoms with Crippen LogP contribution in [0.1, 0.15) is 51.9 Å². The van der Waals surface area contributed by atoms with Gasteiger partial charge < -0.3 is 20.1 Å². The fraction of sp³-hybridized carbons (Fsp3) is 0.905. The van der Waals surface area contributed by atoms with E-state index in [0.717, 1.165) is 50.5 Å². The van der Waals surface area contributed by atoms with E-state index in [1.165, 1.54) is 0 Å². The van der Waals surface area contributed by atoms with Crippen molar-refractivity contribution in [1.29, 1.82) is 0 Å². The first kappa shape index (κ1) is 16.7. The van der Waals surface area contributed by atoms with Crippen molar-refractivity contribution < 1.29 is 20.1 Å². The standard InChI is InChI=1S/C21H32O4/c1-12-13-4-7-21(18(12)24)15(8-13)20-6-3-5-19(2,11-25-17(20)10-22)14(20)9-16(21)23/h13-18,22-24H,1,3-11H2,2H3/t13-,14?,15?,16+,17-,18-,19-,20-,21?/m0/s1. The highest BCUT2D eigenvalue weighted by atomic mass is 16.5. The average molecular weight is 348 g/mol. The van der Waals surface area contributed by atoms with Gasteiger partial charge in [-0.15, -0.1) is 0 Å². The maximum atomic E-state index is 11.3. The van der Waals surface area contributed by atoms with Gasteiger partial charge in [0.15, 0.2) is 0 Å². The number of fused-ring (bicyclic) bond motifs is 2. The molecule has 3 unspecified atom stereocenters. The second-order valence-corrected chi connectivity index (χ2v) is 10.0. The molecule has 0 aromatic carbocycles. The molecule has 1 saturated heterocycles. The van der Waals surface area contributed by atoms with Crippen LogP contribution in [0.3, 0.4) is 0 Å². The quantitative estimate of drug-likeness (QED) is 0.636. The van der Waals surface area contributed by atoms with E-state index in [1.807, 2.05) is 0 Å². The zero-order valence-corrected chi connectivity index (χ0v) is 15.3. The predicted molar refractivity (Wildman–Crippen MR) is 93.7 cm³/mol. The number of rotatable bonds is 1. The van der Waals surface area contributed by atoms with Crippen LogP contribution >= 0.6 is 0 Å². The summed E-state index contributed by atoms with van der Waals surface area (Å²) in [5.74, 6) is 0.965. The molecule has 1 spiro atoms. The topological polar surface area (TPSA) is 69.9 Å². The molecule has 1 aliphatic heterocycles. The van der Waals surface area contributed by atoms with Gasteiger partial charge in [-0.2, -0.15) is 0 Å². The Morgan fingerprint density at radius 1 is 1.12 bits per heavy atom. The van der Waals surface area contributed by atoms with Crippen LogP contribution in [0.15, 0.2) is 12.2 Å². The van der Waals surface area contributed by atoms with E-state index in [-0.39, 0.29) is 29.5 Å². The molecule has 0 aromatic rings. The summed E-state index contributed by atoms with van der Waals surface area (Å²) in [4.78, 5) is 0. The molecule has 0 radical (unpaired) electrons. The van der Waals surface area contributed by atoms with Crippen LogP contribution in [-0.2, 0) is 4.74 Å². The van der Waals surface area contributed by atoms with Crippen molar-refractivity contribution in [3.63, 3.8) is 0 Å². The van der Waals surface area contributed by atoms with Crippen LogP contribution in [-0.4, -0.2) is 46.8 Å². The molecule has 6 aliphatic rings. The van der Waals surface area contributed by atoms with Gasteiger partial charge in [-0.1, -0.05) is 19.9 Å². The fourth-order valence-electron chi connectivity index (χ4n) is 8.36. The summed E-state index contributed by atoms with van der Waals surface area (Å²) >= 11 is 0. The Bertz CT molecular complexity index is 605. The summed E-state index contributed by atoms with van der Waals surface area (Å²) < 4.78 is 6.27. The van der Waals surface area contributed by atoms with E-state index in [2.05, 4.69) is 13.5 Å². The fourth-order valence-corrected chi connectivity index (χ4v) is 8.36.